The van der Waals surface area contributed by atoms with E-state index in [1.165, 1.54) is 4.90 Å². The van der Waals surface area contributed by atoms with E-state index in [9.17, 15) is 14.4 Å². The van der Waals surface area contributed by atoms with Crippen molar-refractivity contribution in [1.29, 1.82) is 0 Å². The van der Waals surface area contributed by atoms with Crippen LogP contribution in [-0.4, -0.2) is 46.7 Å². The highest BCUT2D eigenvalue weighted by atomic mass is 16.2. The summed E-state index contributed by atoms with van der Waals surface area (Å²) in [5.74, 6) is -0.618. The van der Waals surface area contributed by atoms with Gasteiger partial charge in [-0.05, 0) is 55.9 Å². The Balaban J connectivity index is 1.53. The SMILES string of the molecule is CCC1CCCCN1C(=O)c1ccc2c(c1)C(=O)N(CCc1ccccc1)C2=O. The summed E-state index contributed by atoms with van der Waals surface area (Å²) < 4.78 is 0. The van der Waals surface area contributed by atoms with Gasteiger partial charge in [-0.25, -0.2) is 0 Å². The third kappa shape index (κ3) is 3.69. The molecule has 1 fully saturated rings. The van der Waals surface area contributed by atoms with Crippen LogP contribution in [0.25, 0.3) is 0 Å². The third-order valence-electron chi connectivity index (χ3n) is 6.04. The van der Waals surface area contributed by atoms with E-state index in [1.807, 2.05) is 35.2 Å². The van der Waals surface area contributed by atoms with Crippen LogP contribution in [0.3, 0.4) is 0 Å². The predicted molar refractivity (Wildman–Crippen MR) is 111 cm³/mol. The maximum atomic E-state index is 13.1. The number of amides is 3. The number of likely N-dealkylation sites (tertiary alicyclic amines) is 1. The molecular formula is C24H26N2O3. The number of benzene rings is 2. The highest BCUT2D eigenvalue weighted by Crippen LogP contribution is 2.27. The first-order valence-electron chi connectivity index (χ1n) is 10.4. The number of imide groups is 1. The molecule has 0 radical (unpaired) electrons. The lowest BCUT2D eigenvalue weighted by Gasteiger charge is -2.35. The lowest BCUT2D eigenvalue weighted by Crippen LogP contribution is -2.43. The van der Waals surface area contributed by atoms with Crippen LogP contribution >= 0.6 is 0 Å². The second kappa shape index (κ2) is 8.19. The molecule has 1 atom stereocenters. The number of rotatable bonds is 5. The van der Waals surface area contributed by atoms with Crippen LogP contribution in [0.1, 0.15) is 69.2 Å². The van der Waals surface area contributed by atoms with E-state index in [-0.39, 0.29) is 23.8 Å². The normalized spacial score (nSPS) is 18.9. The molecular weight excluding hydrogens is 364 g/mol. The number of carbonyl (C=O) groups excluding carboxylic acids is 3. The molecule has 0 aromatic heterocycles. The van der Waals surface area contributed by atoms with Gasteiger partial charge in [0.2, 0.25) is 0 Å². The Morgan fingerprint density at radius 2 is 1.76 bits per heavy atom. The number of nitrogens with zero attached hydrogens (tertiary/aromatic N) is 2. The Labute approximate surface area is 171 Å². The fraction of sp³-hybridized carbons (Fsp3) is 0.375. The van der Waals surface area contributed by atoms with Crippen molar-refractivity contribution in [3.05, 3.63) is 70.8 Å². The average molecular weight is 390 g/mol. The first kappa shape index (κ1) is 19.4. The van der Waals surface area contributed by atoms with E-state index in [0.717, 1.165) is 37.8 Å². The molecule has 2 aliphatic heterocycles. The molecule has 5 nitrogen and oxygen atoms in total. The van der Waals surface area contributed by atoms with Gasteiger partial charge in [-0.3, -0.25) is 19.3 Å². The number of fused-ring (bicyclic) bond motifs is 1. The van der Waals surface area contributed by atoms with Crippen molar-refractivity contribution >= 4 is 17.7 Å². The van der Waals surface area contributed by atoms with Gasteiger partial charge in [0.15, 0.2) is 0 Å². The molecule has 5 heteroatoms. The van der Waals surface area contributed by atoms with Gasteiger partial charge in [-0.2, -0.15) is 0 Å². The Hall–Kier alpha value is -2.95. The molecule has 29 heavy (non-hydrogen) atoms. The number of hydrogen-bond acceptors (Lipinski definition) is 3. The predicted octanol–water partition coefficient (Wildman–Crippen LogP) is 3.93. The van der Waals surface area contributed by atoms with Gasteiger partial charge in [-0.1, -0.05) is 37.3 Å². The maximum absolute atomic E-state index is 13.1. The van der Waals surface area contributed by atoms with Crippen molar-refractivity contribution in [2.45, 2.75) is 45.1 Å². The van der Waals surface area contributed by atoms with Gasteiger partial charge in [0.05, 0.1) is 11.1 Å². The second-order valence-corrected chi connectivity index (χ2v) is 7.81. The summed E-state index contributed by atoms with van der Waals surface area (Å²) >= 11 is 0. The lowest BCUT2D eigenvalue weighted by atomic mass is 9.98. The number of piperidine rings is 1. The van der Waals surface area contributed by atoms with Crippen molar-refractivity contribution in [3.8, 4) is 0 Å². The van der Waals surface area contributed by atoms with E-state index in [0.29, 0.717) is 29.7 Å². The van der Waals surface area contributed by atoms with E-state index in [2.05, 4.69) is 6.92 Å². The summed E-state index contributed by atoms with van der Waals surface area (Å²) in [4.78, 5) is 41.9. The Bertz CT molecular complexity index is 938. The molecule has 1 saturated heterocycles. The van der Waals surface area contributed by atoms with Gasteiger partial charge in [0.1, 0.15) is 0 Å². The fourth-order valence-electron chi connectivity index (χ4n) is 4.37. The first-order valence-corrected chi connectivity index (χ1v) is 10.4. The highest BCUT2D eigenvalue weighted by Gasteiger charge is 2.36. The zero-order valence-corrected chi connectivity index (χ0v) is 16.8. The summed E-state index contributed by atoms with van der Waals surface area (Å²) in [6, 6.07) is 15.0. The molecule has 2 aliphatic rings. The minimum Gasteiger partial charge on any atom is -0.336 e. The molecule has 0 saturated carbocycles. The minimum atomic E-state index is -0.304. The second-order valence-electron chi connectivity index (χ2n) is 7.81. The average Bonchev–Trinajstić information content (AvgIpc) is 3.01. The van der Waals surface area contributed by atoms with Crippen LogP contribution < -0.4 is 0 Å². The van der Waals surface area contributed by atoms with Crippen LogP contribution in [-0.2, 0) is 6.42 Å². The Morgan fingerprint density at radius 3 is 2.52 bits per heavy atom. The Kier molecular flexibility index (Phi) is 5.47. The summed E-state index contributed by atoms with van der Waals surface area (Å²) in [6.07, 6.45) is 4.73. The molecule has 0 bridgehead atoms. The molecule has 3 amide bonds. The molecule has 2 aromatic rings. The van der Waals surface area contributed by atoms with E-state index < -0.39 is 0 Å². The van der Waals surface area contributed by atoms with Crippen LogP contribution in [0, 0.1) is 0 Å². The highest BCUT2D eigenvalue weighted by molar-refractivity contribution is 6.22. The zero-order chi connectivity index (χ0) is 20.4. The number of hydrogen-bond donors (Lipinski definition) is 0. The topological polar surface area (TPSA) is 57.7 Å². The molecule has 0 spiro atoms. The molecule has 2 aromatic carbocycles. The summed E-state index contributed by atoms with van der Waals surface area (Å²) in [5, 5.41) is 0. The largest absolute Gasteiger partial charge is 0.336 e. The van der Waals surface area contributed by atoms with Crippen molar-refractivity contribution in [1.82, 2.24) is 9.80 Å². The Morgan fingerprint density at radius 1 is 1.00 bits per heavy atom. The summed E-state index contributed by atoms with van der Waals surface area (Å²) in [7, 11) is 0. The monoisotopic (exact) mass is 390 g/mol. The standard InChI is InChI=1S/C24H26N2O3/c1-2-19-10-6-7-14-25(19)22(27)18-11-12-20-21(16-18)24(29)26(23(20)28)15-13-17-8-4-3-5-9-17/h3-5,8-9,11-12,16,19H,2,6-7,10,13-15H2,1H3. The summed E-state index contributed by atoms with van der Waals surface area (Å²) in [5.41, 5.74) is 2.31. The number of carbonyl (C=O) groups is 3. The zero-order valence-electron chi connectivity index (χ0n) is 16.8. The van der Waals surface area contributed by atoms with Crippen LogP contribution in [0.15, 0.2) is 48.5 Å². The van der Waals surface area contributed by atoms with E-state index >= 15 is 0 Å². The van der Waals surface area contributed by atoms with Crippen molar-refractivity contribution < 1.29 is 14.4 Å². The van der Waals surface area contributed by atoms with Crippen molar-refractivity contribution in [2.24, 2.45) is 0 Å². The van der Waals surface area contributed by atoms with Crippen LogP contribution in [0.5, 0.6) is 0 Å². The van der Waals surface area contributed by atoms with E-state index in [4.69, 9.17) is 0 Å². The van der Waals surface area contributed by atoms with Gasteiger partial charge in [-0.15, -0.1) is 0 Å². The molecule has 1 unspecified atom stereocenters. The van der Waals surface area contributed by atoms with E-state index in [1.54, 1.807) is 18.2 Å². The molecule has 150 valence electrons. The molecule has 0 aliphatic carbocycles. The first-order chi connectivity index (χ1) is 14.1. The third-order valence-corrected chi connectivity index (χ3v) is 6.04. The molecule has 2 heterocycles. The minimum absolute atomic E-state index is 0.0395. The van der Waals surface area contributed by atoms with Gasteiger partial charge >= 0.3 is 0 Å². The van der Waals surface area contributed by atoms with Crippen molar-refractivity contribution in [3.63, 3.8) is 0 Å². The van der Waals surface area contributed by atoms with Gasteiger partial charge in [0.25, 0.3) is 17.7 Å². The van der Waals surface area contributed by atoms with Gasteiger partial charge < -0.3 is 4.90 Å². The molecule has 0 N–H and O–H groups in total. The quantitative estimate of drug-likeness (QED) is 0.727. The fourth-order valence-corrected chi connectivity index (χ4v) is 4.37. The maximum Gasteiger partial charge on any atom is 0.261 e. The van der Waals surface area contributed by atoms with Crippen LogP contribution in [0.2, 0.25) is 0 Å². The summed E-state index contributed by atoms with van der Waals surface area (Å²) in [6.45, 7) is 3.19. The molecule has 4 rings (SSSR count). The van der Waals surface area contributed by atoms with Gasteiger partial charge in [0, 0.05) is 24.7 Å². The lowest BCUT2D eigenvalue weighted by molar-refractivity contribution is 0.0607. The van der Waals surface area contributed by atoms with Crippen LogP contribution in [0.4, 0.5) is 0 Å². The smallest absolute Gasteiger partial charge is 0.261 e. The van der Waals surface area contributed by atoms with Crippen molar-refractivity contribution in [2.75, 3.05) is 13.1 Å².